The second kappa shape index (κ2) is 12.2. The molecule has 0 spiro atoms. The number of fused-ring (bicyclic) bond motifs is 4. The van der Waals surface area contributed by atoms with Gasteiger partial charge in [0.05, 0.1) is 16.4 Å². The van der Waals surface area contributed by atoms with Gasteiger partial charge in [-0.3, -0.25) is 4.57 Å². The first-order valence-electron chi connectivity index (χ1n) is 17.9. The fourth-order valence-corrected chi connectivity index (χ4v) is 8.44. The Morgan fingerprint density at radius 2 is 0.885 bits per heavy atom. The maximum absolute atomic E-state index is 5.09. The zero-order valence-corrected chi connectivity index (χ0v) is 28.5. The molecule has 1 aliphatic carbocycles. The molecule has 1 aliphatic rings. The molecule has 0 N–H and O–H groups in total. The largest absolute Gasteiger partial charge is 0.292 e. The molecule has 1 heterocycles. The molecular formula is C50H34N2. The van der Waals surface area contributed by atoms with E-state index < -0.39 is 5.41 Å². The Bertz CT molecular complexity index is 2650. The molecule has 0 saturated heterocycles. The van der Waals surface area contributed by atoms with Crippen LogP contribution in [0.2, 0.25) is 0 Å². The lowest BCUT2D eigenvalue weighted by molar-refractivity contribution is 0.769. The number of aromatic nitrogens is 2. The van der Waals surface area contributed by atoms with Gasteiger partial charge in [-0.2, -0.15) is 0 Å². The summed E-state index contributed by atoms with van der Waals surface area (Å²) in [5, 5.41) is 0. The van der Waals surface area contributed by atoms with Crippen LogP contribution in [0.25, 0.3) is 61.5 Å². The summed E-state index contributed by atoms with van der Waals surface area (Å²) < 4.78 is 2.28. The zero-order chi connectivity index (χ0) is 34.5. The first-order chi connectivity index (χ1) is 25.8. The number of hydrogen-bond donors (Lipinski definition) is 0. The number of para-hydroxylation sites is 2. The Morgan fingerprint density at radius 1 is 0.365 bits per heavy atom. The molecule has 0 radical (unpaired) electrons. The number of rotatable bonds is 6. The van der Waals surface area contributed by atoms with Crippen molar-refractivity contribution in [2.24, 2.45) is 0 Å². The second-order valence-corrected chi connectivity index (χ2v) is 13.5. The smallest absolute Gasteiger partial charge is 0.145 e. The molecule has 0 atom stereocenters. The van der Waals surface area contributed by atoms with Crippen molar-refractivity contribution in [3.05, 3.63) is 229 Å². The Balaban J connectivity index is 1.22. The molecular weight excluding hydrogens is 629 g/mol. The molecule has 244 valence electrons. The fourth-order valence-electron chi connectivity index (χ4n) is 8.44. The Hall–Kier alpha value is -6.77. The third kappa shape index (κ3) is 4.62. The molecule has 0 amide bonds. The van der Waals surface area contributed by atoms with E-state index in [1.807, 2.05) is 0 Å². The SMILES string of the molecule is c1ccc(-c2cc3c(cc2-c2ccc(-n4c(-c5ccccc5)nc5ccccc54)cc2)C(c2ccccc2)(c2ccccc2)c2ccccc2-3)cc1. The molecule has 0 saturated carbocycles. The topological polar surface area (TPSA) is 17.8 Å². The van der Waals surface area contributed by atoms with Crippen LogP contribution in [0.3, 0.4) is 0 Å². The highest BCUT2D eigenvalue weighted by atomic mass is 15.1. The highest BCUT2D eigenvalue weighted by Crippen LogP contribution is 2.58. The Kier molecular flexibility index (Phi) is 7.07. The summed E-state index contributed by atoms with van der Waals surface area (Å²) in [6, 6.07) is 74.7. The monoisotopic (exact) mass is 662 g/mol. The van der Waals surface area contributed by atoms with Crippen LogP contribution in [0, 0.1) is 0 Å². The summed E-state index contributed by atoms with van der Waals surface area (Å²) in [7, 11) is 0. The Labute approximate surface area is 304 Å². The maximum Gasteiger partial charge on any atom is 0.145 e. The quantitative estimate of drug-likeness (QED) is 0.173. The van der Waals surface area contributed by atoms with Gasteiger partial charge in [-0.05, 0) is 92.0 Å². The summed E-state index contributed by atoms with van der Waals surface area (Å²) in [5.41, 5.74) is 16.3. The normalized spacial score (nSPS) is 12.8. The number of imidazole rings is 1. The number of nitrogens with zero attached hydrogens (tertiary/aromatic N) is 2. The molecule has 52 heavy (non-hydrogen) atoms. The predicted molar refractivity (Wildman–Crippen MR) is 215 cm³/mol. The average molecular weight is 663 g/mol. The van der Waals surface area contributed by atoms with Crippen LogP contribution >= 0.6 is 0 Å². The van der Waals surface area contributed by atoms with E-state index in [-0.39, 0.29) is 0 Å². The molecule has 2 heteroatoms. The summed E-state index contributed by atoms with van der Waals surface area (Å²) >= 11 is 0. The van der Waals surface area contributed by atoms with Crippen molar-refractivity contribution in [2.75, 3.05) is 0 Å². The molecule has 0 fully saturated rings. The van der Waals surface area contributed by atoms with Crippen molar-refractivity contribution in [1.82, 2.24) is 9.55 Å². The highest BCUT2D eigenvalue weighted by molar-refractivity contribution is 5.95. The summed E-state index contributed by atoms with van der Waals surface area (Å²) in [6.07, 6.45) is 0. The van der Waals surface area contributed by atoms with E-state index in [9.17, 15) is 0 Å². The van der Waals surface area contributed by atoms with Crippen molar-refractivity contribution in [3.8, 4) is 50.5 Å². The zero-order valence-electron chi connectivity index (χ0n) is 28.5. The van der Waals surface area contributed by atoms with E-state index >= 15 is 0 Å². The van der Waals surface area contributed by atoms with Gasteiger partial charge >= 0.3 is 0 Å². The van der Waals surface area contributed by atoms with Crippen molar-refractivity contribution in [1.29, 1.82) is 0 Å². The maximum atomic E-state index is 5.09. The van der Waals surface area contributed by atoms with Gasteiger partial charge in [-0.1, -0.05) is 170 Å². The third-order valence-electron chi connectivity index (χ3n) is 10.7. The molecule has 0 unspecified atom stereocenters. The van der Waals surface area contributed by atoms with Gasteiger partial charge in [0.25, 0.3) is 0 Å². The molecule has 2 nitrogen and oxygen atoms in total. The van der Waals surface area contributed by atoms with Gasteiger partial charge in [0.2, 0.25) is 0 Å². The standard InChI is InChI=1S/C50H34N2/c1-5-17-35(18-6-1)42-33-44-41-25-13-14-26-45(41)50(38-21-9-3-10-22-38,39-23-11-4-12-24-39)46(44)34-43(42)36-29-31-40(32-30-36)52-48-28-16-15-27-47(48)51-49(52)37-19-7-2-8-20-37/h1-34H. The van der Waals surface area contributed by atoms with Crippen LogP contribution < -0.4 is 0 Å². The minimum absolute atomic E-state index is 0.474. The van der Waals surface area contributed by atoms with Crippen molar-refractivity contribution < 1.29 is 0 Å². The molecule has 1 aromatic heterocycles. The van der Waals surface area contributed by atoms with Crippen molar-refractivity contribution >= 4 is 11.0 Å². The van der Waals surface area contributed by atoms with Crippen LogP contribution in [0.4, 0.5) is 0 Å². The van der Waals surface area contributed by atoms with E-state index in [1.165, 1.54) is 55.6 Å². The highest BCUT2D eigenvalue weighted by Gasteiger charge is 2.46. The van der Waals surface area contributed by atoms with Gasteiger partial charge in [0.15, 0.2) is 0 Å². The summed E-state index contributed by atoms with van der Waals surface area (Å²) in [5.74, 6) is 0.935. The first kappa shape index (κ1) is 30.1. The van der Waals surface area contributed by atoms with Gasteiger partial charge < -0.3 is 0 Å². The average Bonchev–Trinajstić information content (AvgIpc) is 3.76. The lowest BCUT2D eigenvalue weighted by Crippen LogP contribution is -2.28. The first-order valence-corrected chi connectivity index (χ1v) is 17.9. The summed E-state index contributed by atoms with van der Waals surface area (Å²) in [4.78, 5) is 5.09. The van der Waals surface area contributed by atoms with Gasteiger partial charge in [-0.25, -0.2) is 4.98 Å². The molecule has 8 aromatic carbocycles. The number of benzene rings is 8. The molecule has 10 rings (SSSR count). The van der Waals surface area contributed by atoms with Crippen molar-refractivity contribution in [3.63, 3.8) is 0 Å². The molecule has 9 aromatic rings. The second-order valence-electron chi connectivity index (χ2n) is 13.5. The minimum Gasteiger partial charge on any atom is -0.292 e. The van der Waals surface area contributed by atoms with E-state index in [1.54, 1.807) is 0 Å². The van der Waals surface area contributed by atoms with Gasteiger partial charge in [0, 0.05) is 11.3 Å². The Morgan fingerprint density at radius 3 is 1.56 bits per heavy atom. The van der Waals surface area contributed by atoms with Gasteiger partial charge in [0.1, 0.15) is 5.82 Å². The lowest BCUT2D eigenvalue weighted by atomic mass is 9.67. The summed E-state index contributed by atoms with van der Waals surface area (Å²) in [6.45, 7) is 0. The van der Waals surface area contributed by atoms with Crippen LogP contribution in [-0.2, 0) is 5.41 Å². The van der Waals surface area contributed by atoms with Crippen LogP contribution in [-0.4, -0.2) is 9.55 Å². The van der Waals surface area contributed by atoms with Crippen LogP contribution in [0.15, 0.2) is 206 Å². The lowest BCUT2D eigenvalue weighted by Gasteiger charge is -2.34. The van der Waals surface area contributed by atoms with E-state index in [0.717, 1.165) is 28.1 Å². The minimum atomic E-state index is -0.474. The molecule has 0 bridgehead atoms. The van der Waals surface area contributed by atoms with E-state index in [0.29, 0.717) is 0 Å². The van der Waals surface area contributed by atoms with Crippen LogP contribution in [0.5, 0.6) is 0 Å². The van der Waals surface area contributed by atoms with E-state index in [2.05, 4.69) is 211 Å². The van der Waals surface area contributed by atoms with Crippen LogP contribution in [0.1, 0.15) is 22.3 Å². The van der Waals surface area contributed by atoms with Gasteiger partial charge in [-0.15, -0.1) is 0 Å². The number of hydrogen-bond acceptors (Lipinski definition) is 1. The van der Waals surface area contributed by atoms with Crippen molar-refractivity contribution in [2.45, 2.75) is 5.41 Å². The molecule has 0 aliphatic heterocycles. The third-order valence-corrected chi connectivity index (χ3v) is 10.7. The van der Waals surface area contributed by atoms with E-state index in [4.69, 9.17) is 4.98 Å². The predicted octanol–water partition coefficient (Wildman–Crippen LogP) is 12.4. The fraction of sp³-hybridized carbons (Fsp3) is 0.0200.